The van der Waals surface area contributed by atoms with Crippen LogP contribution in [0.1, 0.15) is 10.4 Å². The number of carbonyl (C=O) groups is 2. The van der Waals surface area contributed by atoms with Crippen LogP contribution in [0.3, 0.4) is 0 Å². The number of esters is 1. The van der Waals surface area contributed by atoms with Crippen LogP contribution < -0.4 is 10.1 Å². The molecule has 2 aromatic heterocycles. The van der Waals surface area contributed by atoms with Gasteiger partial charge in [0.25, 0.3) is 0 Å². The molecule has 10 heteroatoms. The van der Waals surface area contributed by atoms with Crippen LogP contribution in [0.5, 0.6) is 5.75 Å². The zero-order valence-corrected chi connectivity index (χ0v) is 18.7. The smallest absolute Gasteiger partial charge is 0.337 e. The molecule has 0 aliphatic heterocycles. The van der Waals surface area contributed by atoms with Crippen molar-refractivity contribution < 1.29 is 23.5 Å². The van der Waals surface area contributed by atoms with E-state index in [1.54, 1.807) is 49.8 Å². The van der Waals surface area contributed by atoms with E-state index in [0.29, 0.717) is 28.0 Å². The maximum atomic E-state index is 12.5. The van der Waals surface area contributed by atoms with Crippen molar-refractivity contribution in [2.45, 2.75) is 5.16 Å². The maximum absolute atomic E-state index is 12.5. The molecule has 9 nitrogen and oxygen atoms in total. The van der Waals surface area contributed by atoms with Crippen molar-refractivity contribution in [1.82, 2.24) is 14.8 Å². The lowest BCUT2D eigenvalue weighted by Crippen LogP contribution is -2.14. The van der Waals surface area contributed by atoms with E-state index in [1.165, 1.54) is 18.9 Å². The van der Waals surface area contributed by atoms with E-state index in [4.69, 9.17) is 9.15 Å². The Bertz CT molecular complexity index is 1240. The molecule has 0 aliphatic carbocycles. The molecule has 1 amide bonds. The topological polar surface area (TPSA) is 108 Å². The SMILES string of the molecule is COC(=O)c1ccc(NC(=O)CSc2nnc(-c3ccco3)n2-c2ccc(OC)cc2)cc1. The number of rotatable bonds is 8. The van der Waals surface area contributed by atoms with Crippen LogP contribution in [-0.2, 0) is 9.53 Å². The number of furan rings is 1. The highest BCUT2D eigenvalue weighted by Crippen LogP contribution is 2.29. The second-order valence-corrected chi connectivity index (χ2v) is 7.67. The first-order valence-electron chi connectivity index (χ1n) is 9.84. The van der Waals surface area contributed by atoms with E-state index in [9.17, 15) is 9.59 Å². The van der Waals surface area contributed by atoms with Crippen molar-refractivity contribution in [3.05, 3.63) is 72.5 Å². The van der Waals surface area contributed by atoms with E-state index >= 15 is 0 Å². The first-order valence-corrected chi connectivity index (χ1v) is 10.8. The van der Waals surface area contributed by atoms with Gasteiger partial charge in [-0.2, -0.15) is 0 Å². The number of nitrogens with zero attached hydrogens (tertiary/aromatic N) is 3. The van der Waals surface area contributed by atoms with Gasteiger partial charge in [0, 0.05) is 5.69 Å². The van der Waals surface area contributed by atoms with Gasteiger partial charge in [0.2, 0.25) is 11.7 Å². The average molecular weight is 465 g/mol. The monoisotopic (exact) mass is 464 g/mol. The lowest BCUT2D eigenvalue weighted by molar-refractivity contribution is -0.113. The minimum absolute atomic E-state index is 0.102. The van der Waals surface area contributed by atoms with Crippen LogP contribution in [0, 0.1) is 0 Å². The van der Waals surface area contributed by atoms with Crippen LogP contribution in [0.25, 0.3) is 17.3 Å². The summed E-state index contributed by atoms with van der Waals surface area (Å²) in [5.41, 5.74) is 1.78. The van der Waals surface area contributed by atoms with Gasteiger partial charge in [-0.3, -0.25) is 9.36 Å². The predicted molar refractivity (Wildman–Crippen MR) is 123 cm³/mol. The average Bonchev–Trinajstić information content (AvgIpc) is 3.53. The van der Waals surface area contributed by atoms with Crippen LogP contribution >= 0.6 is 11.8 Å². The van der Waals surface area contributed by atoms with Crippen molar-refractivity contribution in [3.63, 3.8) is 0 Å². The number of anilines is 1. The summed E-state index contributed by atoms with van der Waals surface area (Å²) in [6.07, 6.45) is 1.56. The number of thioether (sulfide) groups is 1. The molecule has 168 valence electrons. The van der Waals surface area contributed by atoms with E-state index in [-0.39, 0.29) is 11.7 Å². The molecule has 0 fully saturated rings. The molecule has 33 heavy (non-hydrogen) atoms. The first kappa shape index (κ1) is 22.2. The van der Waals surface area contributed by atoms with Gasteiger partial charge in [-0.15, -0.1) is 10.2 Å². The normalized spacial score (nSPS) is 10.6. The Labute approximate surface area is 193 Å². The molecule has 0 atom stereocenters. The van der Waals surface area contributed by atoms with E-state index in [0.717, 1.165) is 11.4 Å². The van der Waals surface area contributed by atoms with Crippen molar-refractivity contribution >= 4 is 29.3 Å². The Kier molecular flexibility index (Phi) is 6.75. The Balaban J connectivity index is 1.50. The van der Waals surface area contributed by atoms with Crippen molar-refractivity contribution in [3.8, 4) is 23.0 Å². The molecule has 0 bridgehead atoms. The first-order chi connectivity index (χ1) is 16.1. The minimum Gasteiger partial charge on any atom is -0.497 e. The standard InChI is InChI=1S/C23H20N4O5S/c1-30-18-11-9-17(10-12-18)27-21(19-4-3-13-32-19)25-26-23(27)33-14-20(28)24-16-7-5-15(6-8-16)22(29)31-2/h3-13H,14H2,1-2H3,(H,24,28). The molecule has 2 aromatic carbocycles. The summed E-state index contributed by atoms with van der Waals surface area (Å²) in [4.78, 5) is 24.0. The molecule has 0 aliphatic rings. The Morgan fingerprint density at radius 2 is 1.79 bits per heavy atom. The van der Waals surface area contributed by atoms with Crippen molar-refractivity contribution in [2.24, 2.45) is 0 Å². The summed E-state index contributed by atoms with van der Waals surface area (Å²) >= 11 is 1.24. The fourth-order valence-corrected chi connectivity index (χ4v) is 3.78. The van der Waals surface area contributed by atoms with Crippen molar-refractivity contribution in [2.75, 3.05) is 25.3 Å². The molecule has 4 aromatic rings. The molecule has 4 rings (SSSR count). The molecule has 1 N–H and O–H groups in total. The predicted octanol–water partition coefficient (Wildman–Crippen LogP) is 4.05. The number of aromatic nitrogens is 3. The fraction of sp³-hybridized carbons (Fsp3) is 0.130. The summed E-state index contributed by atoms with van der Waals surface area (Å²) in [5, 5.41) is 11.9. The van der Waals surface area contributed by atoms with E-state index in [2.05, 4.69) is 20.3 Å². The third-order valence-corrected chi connectivity index (χ3v) is 5.56. The highest BCUT2D eigenvalue weighted by atomic mass is 32.2. The number of nitrogens with one attached hydrogen (secondary N) is 1. The second-order valence-electron chi connectivity index (χ2n) is 6.72. The van der Waals surface area contributed by atoms with Gasteiger partial charge in [0.15, 0.2) is 10.9 Å². The summed E-state index contributed by atoms with van der Waals surface area (Å²) in [6, 6.07) is 17.4. The van der Waals surface area contributed by atoms with Gasteiger partial charge >= 0.3 is 5.97 Å². The quantitative estimate of drug-likeness (QED) is 0.307. The summed E-state index contributed by atoms with van der Waals surface area (Å²) in [6.45, 7) is 0. The highest BCUT2D eigenvalue weighted by Gasteiger charge is 2.19. The van der Waals surface area contributed by atoms with Gasteiger partial charge in [0.1, 0.15) is 5.75 Å². The lowest BCUT2D eigenvalue weighted by atomic mass is 10.2. The largest absolute Gasteiger partial charge is 0.497 e. The molecular weight excluding hydrogens is 444 g/mol. The van der Waals surface area contributed by atoms with Gasteiger partial charge in [-0.25, -0.2) is 4.79 Å². The highest BCUT2D eigenvalue weighted by molar-refractivity contribution is 7.99. The number of ether oxygens (including phenoxy) is 2. The number of benzene rings is 2. The molecule has 0 saturated carbocycles. The lowest BCUT2D eigenvalue weighted by Gasteiger charge is -2.10. The van der Waals surface area contributed by atoms with Gasteiger partial charge in [-0.1, -0.05) is 11.8 Å². The fourth-order valence-electron chi connectivity index (χ4n) is 3.03. The van der Waals surface area contributed by atoms with E-state index < -0.39 is 5.97 Å². The number of hydrogen-bond donors (Lipinski definition) is 1. The molecule has 2 heterocycles. The van der Waals surface area contributed by atoms with Crippen LogP contribution in [0.4, 0.5) is 5.69 Å². The second kappa shape index (κ2) is 10.0. The van der Waals surface area contributed by atoms with Gasteiger partial charge < -0.3 is 19.2 Å². The summed E-state index contributed by atoms with van der Waals surface area (Å²) in [5.74, 6) is 1.24. The minimum atomic E-state index is -0.436. The maximum Gasteiger partial charge on any atom is 0.337 e. The van der Waals surface area contributed by atoms with Gasteiger partial charge in [-0.05, 0) is 60.7 Å². The Morgan fingerprint density at radius 1 is 1.03 bits per heavy atom. The summed E-state index contributed by atoms with van der Waals surface area (Å²) < 4.78 is 17.2. The number of methoxy groups -OCH3 is 2. The number of carbonyl (C=O) groups excluding carboxylic acids is 2. The van der Waals surface area contributed by atoms with Crippen LogP contribution in [-0.4, -0.2) is 46.6 Å². The molecule has 0 spiro atoms. The number of hydrogen-bond acceptors (Lipinski definition) is 8. The third-order valence-electron chi connectivity index (χ3n) is 4.63. The number of amides is 1. The van der Waals surface area contributed by atoms with Crippen molar-refractivity contribution in [1.29, 1.82) is 0 Å². The summed E-state index contributed by atoms with van der Waals surface area (Å²) in [7, 11) is 2.92. The van der Waals surface area contributed by atoms with E-state index in [1.807, 2.05) is 28.8 Å². The zero-order valence-electron chi connectivity index (χ0n) is 17.8. The Morgan fingerprint density at radius 3 is 2.42 bits per heavy atom. The molecule has 0 unspecified atom stereocenters. The van der Waals surface area contributed by atoms with Crippen LogP contribution in [0.2, 0.25) is 0 Å². The zero-order chi connectivity index (χ0) is 23.2. The molecule has 0 radical (unpaired) electrons. The molecular formula is C23H20N4O5S. The molecule has 0 saturated heterocycles. The van der Waals surface area contributed by atoms with Gasteiger partial charge in [0.05, 0.1) is 37.5 Å². The van der Waals surface area contributed by atoms with Crippen LogP contribution in [0.15, 0.2) is 76.5 Å². The Hall–Kier alpha value is -4.05. The third kappa shape index (κ3) is 5.07.